The van der Waals surface area contributed by atoms with E-state index in [1.165, 1.54) is 18.2 Å². The minimum absolute atomic E-state index is 0.0142. The number of nitro benzene ring substituents is 1. The lowest BCUT2D eigenvalue weighted by atomic mass is 9.78. The van der Waals surface area contributed by atoms with Crippen molar-refractivity contribution in [2.45, 2.75) is 32.7 Å². The average Bonchev–Trinajstić information content (AvgIpc) is 3.27. The van der Waals surface area contributed by atoms with Gasteiger partial charge in [0.25, 0.3) is 5.69 Å². The van der Waals surface area contributed by atoms with E-state index in [0.717, 1.165) is 0 Å². The Bertz CT molecular complexity index is 1090. The molecule has 2 atom stereocenters. The van der Waals surface area contributed by atoms with E-state index in [9.17, 15) is 24.8 Å². The summed E-state index contributed by atoms with van der Waals surface area (Å²) < 4.78 is 6.98. The van der Waals surface area contributed by atoms with E-state index in [1.54, 1.807) is 50.1 Å². The van der Waals surface area contributed by atoms with Crippen LogP contribution in [0.4, 0.5) is 5.69 Å². The van der Waals surface area contributed by atoms with Crippen molar-refractivity contribution in [2.75, 3.05) is 6.61 Å². The average molecular weight is 426 g/mol. The molecule has 2 aromatic rings. The number of carbonyl (C=O) groups excluding carboxylic acids is 1. The third kappa shape index (κ3) is 4.04. The van der Waals surface area contributed by atoms with Crippen LogP contribution in [0.1, 0.15) is 38.3 Å². The SMILES string of the molecule is CCOC(=O)C1=C(C(C)n2ccnc2)NC(C)=C(C(=O)O)C1c1ccccc1[N+](=O)[O-]. The number of hydrogen-bond donors (Lipinski definition) is 2. The number of dihydropyridines is 1. The van der Waals surface area contributed by atoms with Crippen molar-refractivity contribution in [3.05, 3.63) is 81.2 Å². The lowest BCUT2D eigenvalue weighted by Gasteiger charge is -2.33. The molecule has 162 valence electrons. The monoisotopic (exact) mass is 426 g/mol. The Balaban J connectivity index is 2.34. The fourth-order valence-corrected chi connectivity index (χ4v) is 3.76. The summed E-state index contributed by atoms with van der Waals surface area (Å²) in [6.07, 6.45) is 4.84. The predicted molar refractivity (Wildman–Crippen MR) is 110 cm³/mol. The van der Waals surface area contributed by atoms with Crippen LogP contribution in [-0.4, -0.2) is 38.1 Å². The number of nitro groups is 1. The van der Waals surface area contributed by atoms with Crippen LogP contribution in [0.25, 0.3) is 0 Å². The Morgan fingerprint density at radius 1 is 1.35 bits per heavy atom. The maximum atomic E-state index is 13.1. The Kier molecular flexibility index (Phi) is 6.19. The number of para-hydroxylation sites is 1. The summed E-state index contributed by atoms with van der Waals surface area (Å²) in [5.74, 6) is -3.23. The van der Waals surface area contributed by atoms with Crippen molar-refractivity contribution < 1.29 is 24.4 Å². The van der Waals surface area contributed by atoms with Crippen molar-refractivity contribution in [1.29, 1.82) is 0 Å². The maximum absolute atomic E-state index is 13.1. The molecule has 0 fully saturated rings. The van der Waals surface area contributed by atoms with E-state index in [4.69, 9.17) is 4.74 Å². The second-order valence-electron chi connectivity index (χ2n) is 6.95. The lowest BCUT2D eigenvalue weighted by molar-refractivity contribution is -0.385. The van der Waals surface area contributed by atoms with Gasteiger partial charge in [0.05, 0.1) is 41.0 Å². The summed E-state index contributed by atoms with van der Waals surface area (Å²) in [6, 6.07) is 5.36. The highest BCUT2D eigenvalue weighted by Crippen LogP contribution is 2.44. The molecular weight excluding hydrogens is 404 g/mol. The first-order valence-corrected chi connectivity index (χ1v) is 9.60. The number of hydrogen-bond acceptors (Lipinski definition) is 7. The highest BCUT2D eigenvalue weighted by Gasteiger charge is 2.42. The second-order valence-corrected chi connectivity index (χ2v) is 6.95. The van der Waals surface area contributed by atoms with Gasteiger partial charge in [-0.05, 0) is 20.8 Å². The quantitative estimate of drug-likeness (QED) is 0.392. The second kappa shape index (κ2) is 8.82. The van der Waals surface area contributed by atoms with Gasteiger partial charge in [0.2, 0.25) is 0 Å². The molecule has 2 N–H and O–H groups in total. The number of benzene rings is 1. The summed E-state index contributed by atoms with van der Waals surface area (Å²) in [5.41, 5.74) is 0.355. The van der Waals surface area contributed by atoms with Crippen LogP contribution in [0.15, 0.2) is 65.5 Å². The van der Waals surface area contributed by atoms with Crippen LogP contribution in [0, 0.1) is 10.1 Å². The van der Waals surface area contributed by atoms with Crippen molar-refractivity contribution in [3.63, 3.8) is 0 Å². The molecule has 0 spiro atoms. The van der Waals surface area contributed by atoms with Crippen molar-refractivity contribution >= 4 is 17.6 Å². The number of nitrogens with zero attached hydrogens (tertiary/aromatic N) is 3. The van der Waals surface area contributed by atoms with E-state index in [0.29, 0.717) is 5.70 Å². The van der Waals surface area contributed by atoms with Crippen molar-refractivity contribution in [1.82, 2.24) is 14.9 Å². The van der Waals surface area contributed by atoms with Crippen molar-refractivity contribution in [2.24, 2.45) is 0 Å². The third-order valence-electron chi connectivity index (χ3n) is 5.15. The fourth-order valence-electron chi connectivity index (χ4n) is 3.76. The Morgan fingerprint density at radius 2 is 2.06 bits per heavy atom. The van der Waals surface area contributed by atoms with Crippen LogP contribution >= 0.6 is 0 Å². The lowest BCUT2D eigenvalue weighted by Crippen LogP contribution is -2.35. The summed E-state index contributed by atoms with van der Waals surface area (Å²) >= 11 is 0. The molecule has 0 bridgehead atoms. The molecule has 0 aliphatic carbocycles. The molecular formula is C21H22N4O6. The van der Waals surface area contributed by atoms with Gasteiger partial charge in [-0.15, -0.1) is 0 Å². The van der Waals surface area contributed by atoms with E-state index < -0.39 is 28.8 Å². The van der Waals surface area contributed by atoms with Gasteiger partial charge in [-0.25, -0.2) is 14.6 Å². The van der Waals surface area contributed by atoms with E-state index in [1.807, 2.05) is 0 Å². The molecule has 1 aromatic heterocycles. The first kappa shape index (κ1) is 21.8. The Hall–Kier alpha value is -3.95. The number of aromatic nitrogens is 2. The molecule has 1 aromatic carbocycles. The minimum Gasteiger partial charge on any atom is -0.478 e. The number of carboxylic acids is 1. The van der Waals surface area contributed by atoms with Gasteiger partial charge in [0, 0.05) is 35.4 Å². The zero-order valence-electron chi connectivity index (χ0n) is 17.2. The maximum Gasteiger partial charge on any atom is 0.336 e. The number of esters is 1. The molecule has 0 saturated carbocycles. The molecule has 0 radical (unpaired) electrons. The number of nitrogens with one attached hydrogen (secondary N) is 1. The first-order chi connectivity index (χ1) is 14.8. The molecule has 0 saturated heterocycles. The molecule has 10 heteroatoms. The fraction of sp³-hybridized carbons (Fsp3) is 0.286. The first-order valence-electron chi connectivity index (χ1n) is 9.60. The summed E-state index contributed by atoms with van der Waals surface area (Å²) in [7, 11) is 0. The number of aliphatic carboxylic acids is 1. The van der Waals surface area contributed by atoms with Gasteiger partial charge >= 0.3 is 11.9 Å². The number of carboxylic acid groups (broad SMARTS) is 1. The van der Waals surface area contributed by atoms with Gasteiger partial charge in [0.1, 0.15) is 0 Å². The highest BCUT2D eigenvalue weighted by atomic mass is 16.6. The smallest absolute Gasteiger partial charge is 0.336 e. The zero-order chi connectivity index (χ0) is 22.7. The molecule has 10 nitrogen and oxygen atoms in total. The molecule has 31 heavy (non-hydrogen) atoms. The van der Waals surface area contributed by atoms with Crippen molar-refractivity contribution in [3.8, 4) is 0 Å². The zero-order valence-corrected chi connectivity index (χ0v) is 17.2. The van der Waals surface area contributed by atoms with E-state index in [-0.39, 0.29) is 34.7 Å². The Labute approximate surface area is 178 Å². The highest BCUT2D eigenvalue weighted by molar-refractivity contribution is 5.99. The number of carbonyl (C=O) groups is 2. The van der Waals surface area contributed by atoms with Gasteiger partial charge in [0.15, 0.2) is 0 Å². The molecule has 0 amide bonds. The largest absolute Gasteiger partial charge is 0.478 e. The van der Waals surface area contributed by atoms with Crippen LogP contribution in [-0.2, 0) is 14.3 Å². The van der Waals surface area contributed by atoms with Crippen LogP contribution in [0.2, 0.25) is 0 Å². The summed E-state index contributed by atoms with van der Waals surface area (Å²) in [4.78, 5) is 40.4. The van der Waals surface area contributed by atoms with Gasteiger partial charge in [-0.3, -0.25) is 10.1 Å². The summed E-state index contributed by atoms with van der Waals surface area (Å²) in [6.45, 7) is 5.06. The minimum atomic E-state index is -1.29. The standard InChI is InChI=1S/C21H22N4O6/c1-4-31-21(28)18-17(14-7-5-6-8-15(14)25(29)30)16(20(26)27)12(2)23-19(18)13(3)24-10-9-22-11-24/h5-11,13,17,23H,4H2,1-3H3,(H,26,27). The van der Waals surface area contributed by atoms with E-state index in [2.05, 4.69) is 10.3 Å². The molecule has 3 rings (SSSR count). The number of allylic oxidation sites excluding steroid dienone is 2. The molecule has 2 heterocycles. The molecule has 1 aliphatic heterocycles. The third-order valence-corrected chi connectivity index (χ3v) is 5.15. The number of imidazole rings is 1. The van der Waals surface area contributed by atoms with Crippen LogP contribution in [0.3, 0.4) is 0 Å². The topological polar surface area (TPSA) is 137 Å². The van der Waals surface area contributed by atoms with E-state index >= 15 is 0 Å². The predicted octanol–water partition coefficient (Wildman–Crippen LogP) is 2.92. The summed E-state index contributed by atoms with van der Waals surface area (Å²) in [5, 5.41) is 24.7. The number of ether oxygens (including phenoxy) is 1. The van der Waals surface area contributed by atoms with Crippen LogP contribution < -0.4 is 5.32 Å². The number of rotatable bonds is 7. The Morgan fingerprint density at radius 3 is 2.65 bits per heavy atom. The molecule has 1 aliphatic rings. The van der Waals surface area contributed by atoms with Crippen LogP contribution in [0.5, 0.6) is 0 Å². The van der Waals surface area contributed by atoms with Gasteiger partial charge in [-0.1, -0.05) is 18.2 Å². The van der Waals surface area contributed by atoms with Gasteiger partial charge < -0.3 is 19.7 Å². The molecule has 2 unspecified atom stereocenters. The van der Waals surface area contributed by atoms with Gasteiger partial charge in [-0.2, -0.15) is 0 Å². The normalized spacial score (nSPS) is 17.2.